The Kier molecular flexibility index (Phi) is 6.92. The highest BCUT2D eigenvalue weighted by atomic mass is 35.5. The van der Waals surface area contributed by atoms with E-state index in [-0.39, 0.29) is 28.6 Å². The largest absolute Gasteiger partial charge is 0.480 e. The Morgan fingerprint density at radius 2 is 1.83 bits per heavy atom. The number of hydrogen-bond acceptors (Lipinski definition) is 5. The van der Waals surface area contributed by atoms with Crippen molar-refractivity contribution < 1.29 is 19.5 Å². The normalized spacial score (nSPS) is 24.6. The number of carboxylic acids is 1. The molecule has 1 heterocycles. The van der Waals surface area contributed by atoms with Crippen LogP contribution in [0.5, 0.6) is 0 Å². The van der Waals surface area contributed by atoms with E-state index < -0.39 is 35.4 Å². The van der Waals surface area contributed by atoms with Gasteiger partial charge in [-0.1, -0.05) is 55.6 Å². The Labute approximate surface area is 216 Å². The van der Waals surface area contributed by atoms with Gasteiger partial charge in [0.15, 0.2) is 0 Å². The SMILES string of the molecule is CCc1ccc(C(=O)C(=O)CC(NC2CCC2)(C(=O)O)C2c3ccccc3N[C@@H]3CCC[C@H]23)c(Cl)c1. The number of carbonyl (C=O) groups excluding carboxylic acids is 2. The monoisotopic (exact) mass is 508 g/mol. The lowest BCUT2D eigenvalue weighted by Crippen LogP contribution is -2.64. The highest BCUT2D eigenvalue weighted by Gasteiger charge is 2.56. The number of carboxylic acid groups (broad SMARTS) is 1. The minimum Gasteiger partial charge on any atom is -0.480 e. The molecule has 2 unspecified atom stereocenters. The number of fused-ring (bicyclic) bond motifs is 2. The summed E-state index contributed by atoms with van der Waals surface area (Å²) in [5, 5.41) is 18.1. The molecule has 0 aromatic heterocycles. The highest BCUT2D eigenvalue weighted by molar-refractivity contribution is 6.48. The predicted octanol–water partition coefficient (Wildman–Crippen LogP) is 5.39. The summed E-state index contributed by atoms with van der Waals surface area (Å²) in [5.41, 5.74) is 1.34. The molecule has 7 heteroatoms. The number of rotatable bonds is 9. The number of para-hydroxylation sites is 1. The smallest absolute Gasteiger partial charge is 0.325 e. The molecule has 5 rings (SSSR count). The van der Waals surface area contributed by atoms with Gasteiger partial charge in [-0.3, -0.25) is 19.7 Å². The lowest BCUT2D eigenvalue weighted by atomic mass is 9.64. The van der Waals surface area contributed by atoms with Gasteiger partial charge in [-0.05, 0) is 67.3 Å². The van der Waals surface area contributed by atoms with Gasteiger partial charge in [-0.2, -0.15) is 0 Å². The van der Waals surface area contributed by atoms with Crippen LogP contribution in [0.4, 0.5) is 5.69 Å². The van der Waals surface area contributed by atoms with Gasteiger partial charge in [-0.15, -0.1) is 0 Å². The molecule has 2 aliphatic carbocycles. The summed E-state index contributed by atoms with van der Waals surface area (Å²) in [6.45, 7) is 1.98. The number of halogens is 1. The van der Waals surface area contributed by atoms with Crippen LogP contribution in [0.1, 0.15) is 79.3 Å². The minimum absolute atomic E-state index is 0.0123. The number of hydrogen-bond donors (Lipinski definition) is 3. The molecule has 0 spiro atoms. The van der Waals surface area contributed by atoms with Crippen LogP contribution in [-0.4, -0.2) is 40.3 Å². The van der Waals surface area contributed by atoms with Gasteiger partial charge in [0.25, 0.3) is 0 Å². The molecule has 6 nitrogen and oxygen atoms in total. The molecule has 2 aromatic rings. The first kappa shape index (κ1) is 25.0. The first-order chi connectivity index (χ1) is 17.3. The van der Waals surface area contributed by atoms with Crippen molar-refractivity contribution in [1.29, 1.82) is 0 Å². The van der Waals surface area contributed by atoms with E-state index in [4.69, 9.17) is 11.6 Å². The highest BCUT2D eigenvalue weighted by Crippen LogP contribution is 2.52. The summed E-state index contributed by atoms with van der Waals surface area (Å²) in [6.07, 6.45) is 5.93. The van der Waals surface area contributed by atoms with E-state index in [0.29, 0.717) is 0 Å². The van der Waals surface area contributed by atoms with Gasteiger partial charge in [0.1, 0.15) is 5.54 Å². The molecule has 0 amide bonds. The van der Waals surface area contributed by atoms with E-state index in [1.807, 2.05) is 31.2 Å². The second-order valence-electron chi connectivity index (χ2n) is 10.6. The molecule has 3 N–H and O–H groups in total. The Morgan fingerprint density at radius 3 is 2.50 bits per heavy atom. The summed E-state index contributed by atoms with van der Waals surface area (Å²) in [6, 6.07) is 13.0. The van der Waals surface area contributed by atoms with Crippen LogP contribution >= 0.6 is 11.6 Å². The zero-order chi connectivity index (χ0) is 25.4. The Morgan fingerprint density at radius 1 is 1.08 bits per heavy atom. The third-order valence-electron chi connectivity index (χ3n) is 8.49. The van der Waals surface area contributed by atoms with Crippen LogP contribution in [0.25, 0.3) is 0 Å². The Bertz CT molecular complexity index is 1190. The van der Waals surface area contributed by atoms with Crippen LogP contribution < -0.4 is 10.6 Å². The summed E-state index contributed by atoms with van der Waals surface area (Å²) in [7, 11) is 0. The maximum Gasteiger partial charge on any atom is 0.325 e. The van der Waals surface area contributed by atoms with Crippen molar-refractivity contribution in [3.8, 4) is 0 Å². The maximum atomic E-state index is 13.6. The van der Waals surface area contributed by atoms with Crippen molar-refractivity contribution in [2.75, 3.05) is 5.32 Å². The van der Waals surface area contributed by atoms with E-state index in [9.17, 15) is 19.5 Å². The summed E-state index contributed by atoms with van der Waals surface area (Å²) < 4.78 is 0. The minimum atomic E-state index is -1.58. The first-order valence-corrected chi connectivity index (χ1v) is 13.4. The third kappa shape index (κ3) is 4.35. The fourth-order valence-electron chi connectivity index (χ4n) is 6.41. The van der Waals surface area contributed by atoms with E-state index in [2.05, 4.69) is 10.6 Å². The molecule has 190 valence electrons. The molecule has 2 fully saturated rings. The van der Waals surface area contributed by atoms with Crippen molar-refractivity contribution in [2.24, 2.45) is 5.92 Å². The fraction of sp³-hybridized carbons (Fsp3) is 0.483. The molecule has 0 radical (unpaired) electrons. The van der Waals surface area contributed by atoms with Crippen LogP contribution in [0.15, 0.2) is 42.5 Å². The van der Waals surface area contributed by atoms with E-state index in [1.54, 1.807) is 18.2 Å². The van der Waals surface area contributed by atoms with Crippen molar-refractivity contribution in [3.63, 3.8) is 0 Å². The number of carbonyl (C=O) groups is 3. The molecule has 2 aromatic carbocycles. The van der Waals surface area contributed by atoms with Crippen LogP contribution in [0.3, 0.4) is 0 Å². The number of aliphatic carboxylic acids is 1. The van der Waals surface area contributed by atoms with Crippen molar-refractivity contribution >= 4 is 34.8 Å². The number of benzene rings is 2. The number of anilines is 1. The topological polar surface area (TPSA) is 95.5 Å². The van der Waals surface area contributed by atoms with Crippen LogP contribution in [0, 0.1) is 5.92 Å². The summed E-state index contributed by atoms with van der Waals surface area (Å²) in [4.78, 5) is 40.2. The maximum absolute atomic E-state index is 13.6. The summed E-state index contributed by atoms with van der Waals surface area (Å²) in [5.74, 6) is -2.90. The average molecular weight is 509 g/mol. The van der Waals surface area contributed by atoms with E-state index >= 15 is 0 Å². The fourth-order valence-corrected chi connectivity index (χ4v) is 6.70. The molecular formula is C29H33ClN2O4. The van der Waals surface area contributed by atoms with Gasteiger partial charge in [0, 0.05) is 35.7 Å². The van der Waals surface area contributed by atoms with Gasteiger partial charge in [0.05, 0.1) is 5.02 Å². The summed E-state index contributed by atoms with van der Waals surface area (Å²) >= 11 is 6.37. The molecule has 0 bridgehead atoms. The van der Waals surface area contributed by atoms with E-state index in [0.717, 1.165) is 61.8 Å². The second-order valence-corrected chi connectivity index (χ2v) is 11.0. The molecule has 1 aliphatic heterocycles. The number of Topliss-reactive ketones (excluding diaryl/α,β-unsaturated/α-hetero) is 2. The van der Waals surface area contributed by atoms with Crippen LogP contribution in [-0.2, 0) is 16.0 Å². The van der Waals surface area contributed by atoms with Crippen molar-refractivity contribution in [3.05, 3.63) is 64.2 Å². The van der Waals surface area contributed by atoms with Gasteiger partial charge >= 0.3 is 5.97 Å². The molecule has 2 saturated carbocycles. The van der Waals surface area contributed by atoms with Crippen LogP contribution in [0.2, 0.25) is 5.02 Å². The number of nitrogens with one attached hydrogen (secondary N) is 2. The molecule has 4 atom stereocenters. The Balaban J connectivity index is 1.56. The Hall–Kier alpha value is -2.70. The number of ketones is 2. The van der Waals surface area contributed by atoms with Crippen molar-refractivity contribution in [1.82, 2.24) is 5.32 Å². The molecule has 0 saturated heterocycles. The van der Waals surface area contributed by atoms with Gasteiger partial charge < -0.3 is 10.4 Å². The van der Waals surface area contributed by atoms with Gasteiger partial charge in [0.2, 0.25) is 11.6 Å². The lowest BCUT2D eigenvalue weighted by Gasteiger charge is -2.49. The molecule has 3 aliphatic rings. The number of aryl methyl sites for hydroxylation is 1. The lowest BCUT2D eigenvalue weighted by molar-refractivity contribution is -0.149. The average Bonchev–Trinajstić information content (AvgIpc) is 3.31. The zero-order valence-corrected chi connectivity index (χ0v) is 21.3. The van der Waals surface area contributed by atoms with Crippen molar-refractivity contribution in [2.45, 2.75) is 81.8 Å². The molecule has 36 heavy (non-hydrogen) atoms. The quantitative estimate of drug-likeness (QED) is 0.310. The third-order valence-corrected chi connectivity index (χ3v) is 8.81. The predicted molar refractivity (Wildman–Crippen MR) is 140 cm³/mol. The molecular weight excluding hydrogens is 476 g/mol. The zero-order valence-electron chi connectivity index (χ0n) is 20.6. The first-order valence-electron chi connectivity index (χ1n) is 13.1. The van der Waals surface area contributed by atoms with E-state index in [1.165, 1.54) is 0 Å². The second kappa shape index (κ2) is 9.98. The van der Waals surface area contributed by atoms with Gasteiger partial charge in [-0.25, -0.2) is 0 Å². The standard InChI is InChI=1S/C29H33ClN2O4/c1-2-17-13-14-19(22(30)15-17)27(34)25(33)16-29(28(35)36,32-18-7-5-8-18)26-20-9-3-4-11-23(20)31-24-12-6-10-21(24)26/h3-4,9,11,13-15,18,21,24,26,31-32H,2,5-8,10,12,16H2,1H3,(H,35,36)/t21-,24+,26?,29?/m0/s1.